The Morgan fingerprint density at radius 1 is 0.161 bits per heavy atom. The van der Waals surface area contributed by atoms with Gasteiger partial charge in [0.25, 0.3) is 0 Å². The fourth-order valence-electron chi connectivity index (χ4n) is 14.7. The maximum absolute atomic E-state index is 5.58. The van der Waals surface area contributed by atoms with Gasteiger partial charge in [-0.1, -0.05) is 273 Å². The van der Waals surface area contributed by atoms with Crippen molar-refractivity contribution in [2.24, 2.45) is 0 Å². The average molecular weight is 1180 g/mol. The van der Waals surface area contributed by atoms with E-state index in [-0.39, 0.29) is 0 Å². The first-order chi connectivity index (χ1) is 46.1. The number of nitrogens with zero attached hydrogens (tertiary/aromatic N) is 6. The lowest BCUT2D eigenvalue weighted by Gasteiger charge is -2.15. The summed E-state index contributed by atoms with van der Waals surface area (Å²) in [6, 6.07) is 118. The molecule has 6 heteroatoms. The Morgan fingerprint density at radius 2 is 0.355 bits per heavy atom. The Hall–Kier alpha value is -12.5. The number of hydrogen-bond donors (Lipinski definition) is 0. The molecule has 0 unspecified atom stereocenters. The lowest BCUT2D eigenvalue weighted by molar-refractivity contribution is 1.11. The zero-order chi connectivity index (χ0) is 61.1. The summed E-state index contributed by atoms with van der Waals surface area (Å²) in [7, 11) is 0. The van der Waals surface area contributed by atoms with Gasteiger partial charge in [-0.15, -0.1) is 0 Å². The number of fused-ring (bicyclic) bond motifs is 18. The van der Waals surface area contributed by atoms with E-state index in [0.29, 0.717) is 0 Å². The Bertz CT molecular complexity index is 5570. The topological polar surface area (TPSA) is 53.5 Å². The van der Waals surface area contributed by atoms with Crippen molar-refractivity contribution >= 4 is 97.7 Å². The molecule has 6 nitrogen and oxygen atoms in total. The van der Waals surface area contributed by atoms with Gasteiger partial charge in [0.15, 0.2) is 0 Å². The molecule has 3 aromatic heterocycles. The highest BCUT2D eigenvalue weighted by Gasteiger charge is 2.25. The zero-order valence-corrected chi connectivity index (χ0v) is 50.4. The van der Waals surface area contributed by atoms with E-state index in [1.165, 1.54) is 48.5 Å². The summed E-state index contributed by atoms with van der Waals surface area (Å²) in [5.74, 6) is 2.68. The van der Waals surface area contributed by atoms with Crippen molar-refractivity contribution in [1.29, 1.82) is 0 Å². The highest BCUT2D eigenvalue weighted by atomic mass is 15.1. The molecule has 0 saturated heterocycles. The molecule has 19 rings (SSSR count). The predicted molar refractivity (Wildman–Crippen MR) is 388 cm³/mol. The van der Waals surface area contributed by atoms with Crippen molar-refractivity contribution < 1.29 is 0 Å². The summed E-state index contributed by atoms with van der Waals surface area (Å²) in [6.45, 7) is 0. The maximum Gasteiger partial charge on any atom is 0.145 e. The highest BCUT2D eigenvalue weighted by molar-refractivity contribution is 6.26. The van der Waals surface area contributed by atoms with Gasteiger partial charge in [-0.3, -0.25) is 13.7 Å². The molecule has 0 fully saturated rings. The fraction of sp³-hybridized carbons (Fsp3) is 0. The minimum atomic E-state index is 0.892. The maximum atomic E-state index is 5.58. The van der Waals surface area contributed by atoms with E-state index >= 15 is 0 Å². The number of hydrogen-bond acceptors (Lipinski definition) is 3. The van der Waals surface area contributed by atoms with Gasteiger partial charge in [0.2, 0.25) is 0 Å². The standard InChI is InChI=1S/C87H54N6/c1-4-22-64(23-5-1)91-82-76-37-19-13-31-70(76)67-28-10-16-34-73(67)79(82)88-85(91)58-46-40-55(41-47-58)61-52-62(56-42-48-59(49-43-56)86-89-80-74-35-17-11-29-68(74)71-32-14-20-38-77(71)83(80)92(86)65-24-6-2-7-25-65)54-63(53-61)57-44-50-60(51-45-57)87-90-81-75-36-18-12-30-69(75)72-33-15-21-39-78(72)84(81)93(87)66-26-8-3-9-27-66/h1-54H. The van der Waals surface area contributed by atoms with Crippen LogP contribution in [-0.2, 0) is 0 Å². The minimum Gasteiger partial charge on any atom is -0.292 e. The molecule has 0 N–H and O–H groups in total. The van der Waals surface area contributed by atoms with Crippen LogP contribution in [0.15, 0.2) is 328 Å². The molecule has 0 aliphatic heterocycles. The predicted octanol–water partition coefficient (Wildman–Crippen LogP) is 22.6. The van der Waals surface area contributed by atoms with Gasteiger partial charge in [0.1, 0.15) is 17.5 Å². The molecule has 0 radical (unpaired) electrons. The molecule has 0 atom stereocenters. The van der Waals surface area contributed by atoms with Crippen LogP contribution in [0.4, 0.5) is 0 Å². The van der Waals surface area contributed by atoms with Gasteiger partial charge >= 0.3 is 0 Å². The van der Waals surface area contributed by atoms with Crippen LogP contribution < -0.4 is 0 Å². The third kappa shape index (κ3) is 8.32. The third-order valence-electron chi connectivity index (χ3n) is 19.0. The normalized spacial score (nSPS) is 11.9. The lowest BCUT2D eigenvalue weighted by atomic mass is 9.92. The molecule has 0 spiro atoms. The molecule has 0 amide bonds. The molecule has 0 aliphatic rings. The van der Waals surface area contributed by atoms with Crippen molar-refractivity contribution in [1.82, 2.24) is 28.7 Å². The van der Waals surface area contributed by atoms with Crippen molar-refractivity contribution in [3.05, 3.63) is 328 Å². The first-order valence-electron chi connectivity index (χ1n) is 31.7. The van der Waals surface area contributed by atoms with Crippen molar-refractivity contribution in [2.75, 3.05) is 0 Å². The van der Waals surface area contributed by atoms with Crippen molar-refractivity contribution in [3.8, 4) is 84.6 Å². The lowest BCUT2D eigenvalue weighted by Crippen LogP contribution is -1.98. The van der Waals surface area contributed by atoms with E-state index in [1.54, 1.807) is 0 Å². The quantitative estimate of drug-likeness (QED) is 0.135. The molecule has 432 valence electrons. The monoisotopic (exact) mass is 1180 g/mol. The van der Waals surface area contributed by atoms with Crippen LogP contribution in [0.25, 0.3) is 182 Å². The molecular formula is C87H54N6. The number of benzene rings is 16. The van der Waals surface area contributed by atoms with Gasteiger partial charge in [0, 0.05) is 66.1 Å². The highest BCUT2D eigenvalue weighted by Crippen LogP contribution is 2.45. The summed E-state index contributed by atoms with van der Waals surface area (Å²) in [4.78, 5) is 16.7. The first kappa shape index (κ1) is 52.4. The molecule has 93 heavy (non-hydrogen) atoms. The smallest absolute Gasteiger partial charge is 0.145 e. The van der Waals surface area contributed by atoms with Gasteiger partial charge < -0.3 is 0 Å². The van der Waals surface area contributed by atoms with Gasteiger partial charge in [-0.25, -0.2) is 15.0 Å². The Morgan fingerprint density at radius 3 is 0.602 bits per heavy atom. The Labute approximate surface area is 535 Å². The van der Waals surface area contributed by atoms with E-state index in [4.69, 9.17) is 15.0 Å². The van der Waals surface area contributed by atoms with E-state index in [0.717, 1.165) is 134 Å². The zero-order valence-electron chi connectivity index (χ0n) is 50.4. The number of rotatable bonds is 9. The second-order valence-corrected chi connectivity index (χ2v) is 24.2. The van der Waals surface area contributed by atoms with E-state index in [1.807, 2.05) is 0 Å². The molecule has 0 saturated carbocycles. The van der Waals surface area contributed by atoms with Crippen LogP contribution in [0.5, 0.6) is 0 Å². The summed E-state index contributed by atoms with van der Waals surface area (Å²) in [6.07, 6.45) is 0. The molecule has 19 aromatic rings. The van der Waals surface area contributed by atoms with Gasteiger partial charge in [0.05, 0.1) is 33.1 Å². The van der Waals surface area contributed by atoms with Crippen molar-refractivity contribution in [2.45, 2.75) is 0 Å². The summed E-state index contributed by atoms with van der Waals surface area (Å²) in [5, 5.41) is 14.2. The number of aromatic nitrogens is 6. The van der Waals surface area contributed by atoms with E-state index < -0.39 is 0 Å². The Balaban J connectivity index is 0.773. The fourth-order valence-corrected chi connectivity index (χ4v) is 14.7. The second-order valence-electron chi connectivity index (χ2n) is 24.2. The summed E-state index contributed by atoms with van der Waals surface area (Å²) >= 11 is 0. The molecule has 3 heterocycles. The van der Waals surface area contributed by atoms with Gasteiger partial charge in [-0.2, -0.15) is 0 Å². The third-order valence-corrected chi connectivity index (χ3v) is 19.0. The first-order valence-corrected chi connectivity index (χ1v) is 31.7. The van der Waals surface area contributed by atoms with Crippen LogP contribution in [0.1, 0.15) is 0 Å². The second kappa shape index (κ2) is 21.1. The van der Waals surface area contributed by atoms with Gasteiger partial charge in [-0.05, 0) is 120 Å². The minimum absolute atomic E-state index is 0.892. The Kier molecular flexibility index (Phi) is 11.9. The van der Waals surface area contributed by atoms with Crippen LogP contribution >= 0.6 is 0 Å². The number of para-hydroxylation sites is 3. The molecule has 0 bridgehead atoms. The van der Waals surface area contributed by atoms with E-state index in [2.05, 4.69) is 341 Å². The van der Waals surface area contributed by atoms with Crippen LogP contribution in [0.2, 0.25) is 0 Å². The molecule has 0 aliphatic carbocycles. The molecular weight excluding hydrogens is 1130 g/mol. The van der Waals surface area contributed by atoms with E-state index in [9.17, 15) is 0 Å². The summed E-state index contributed by atoms with van der Waals surface area (Å²) in [5.41, 5.74) is 19.1. The van der Waals surface area contributed by atoms with Crippen LogP contribution in [0.3, 0.4) is 0 Å². The average Bonchev–Trinajstić information content (AvgIpc) is 1.62. The SMILES string of the molecule is c1ccc(-n2c(-c3ccc(-c4cc(-c5ccc(-c6nc7c8ccccc8c8ccccc8c7n6-c6ccccc6)cc5)cc(-c5ccc(-c6nc7c8ccccc8c8ccccc8c7n6-c6ccccc6)cc5)c4)cc3)nc3c4ccccc4c4ccccc4c32)cc1. The molecule has 16 aromatic carbocycles. The van der Waals surface area contributed by atoms with Crippen molar-refractivity contribution in [3.63, 3.8) is 0 Å². The summed E-state index contributed by atoms with van der Waals surface area (Å²) < 4.78 is 7.05. The van der Waals surface area contributed by atoms with Crippen LogP contribution in [0, 0.1) is 0 Å². The van der Waals surface area contributed by atoms with Crippen LogP contribution in [-0.4, -0.2) is 28.7 Å². The number of imidazole rings is 3. The largest absolute Gasteiger partial charge is 0.292 e.